The number of ether oxygens (including phenoxy) is 1. The first-order valence-electron chi connectivity index (χ1n) is 13.5. The van der Waals surface area contributed by atoms with E-state index in [9.17, 15) is 9.90 Å². The van der Waals surface area contributed by atoms with Crippen molar-refractivity contribution in [1.29, 1.82) is 0 Å². The molecule has 194 valence electrons. The summed E-state index contributed by atoms with van der Waals surface area (Å²) in [6, 6.07) is 8.45. The van der Waals surface area contributed by atoms with Gasteiger partial charge in [-0.15, -0.1) is 0 Å². The summed E-state index contributed by atoms with van der Waals surface area (Å²) in [6.07, 6.45) is 7.38. The Balaban J connectivity index is 1.81. The van der Waals surface area contributed by atoms with E-state index in [0.29, 0.717) is 6.54 Å². The molecule has 3 rings (SSSR count). The monoisotopic (exact) mass is 483 g/mol. The third-order valence-electron chi connectivity index (χ3n) is 7.60. The lowest BCUT2D eigenvalue weighted by atomic mass is 9.71. The third-order valence-corrected chi connectivity index (χ3v) is 7.60. The lowest BCUT2D eigenvalue weighted by Gasteiger charge is -2.32. The van der Waals surface area contributed by atoms with E-state index >= 15 is 0 Å². The second-order valence-corrected chi connectivity index (χ2v) is 9.99. The maximum atomic E-state index is 13.2. The lowest BCUT2D eigenvalue weighted by Crippen LogP contribution is -2.38. The van der Waals surface area contributed by atoms with E-state index in [1.807, 2.05) is 6.07 Å². The Morgan fingerprint density at radius 1 is 1.11 bits per heavy atom. The number of rotatable bonds is 12. The van der Waals surface area contributed by atoms with E-state index in [0.717, 1.165) is 56.0 Å². The molecule has 1 aromatic carbocycles. The zero-order valence-electron chi connectivity index (χ0n) is 22.4. The summed E-state index contributed by atoms with van der Waals surface area (Å²) >= 11 is 0. The lowest BCUT2D eigenvalue weighted by molar-refractivity contribution is 0.0937. The first kappa shape index (κ1) is 27.3. The molecule has 6 heteroatoms. The van der Waals surface area contributed by atoms with Crippen molar-refractivity contribution < 1.29 is 14.6 Å². The number of aromatic nitrogens is 1. The molecule has 6 nitrogen and oxygen atoms in total. The number of aliphatic hydroxyl groups is 1. The molecule has 0 spiro atoms. The van der Waals surface area contributed by atoms with Gasteiger partial charge in [-0.05, 0) is 88.4 Å². The van der Waals surface area contributed by atoms with Crippen LogP contribution in [0.2, 0.25) is 0 Å². The molecule has 0 radical (unpaired) electrons. The summed E-state index contributed by atoms with van der Waals surface area (Å²) in [7, 11) is 0. The van der Waals surface area contributed by atoms with E-state index < -0.39 is 6.10 Å². The fraction of sp³-hybridized carbons (Fsp3) is 0.621. The van der Waals surface area contributed by atoms with Crippen LogP contribution < -0.4 is 10.1 Å². The van der Waals surface area contributed by atoms with Gasteiger partial charge in [-0.25, -0.2) is 0 Å². The number of aryl methyl sites for hydroxylation is 2. The standard InChI is InChI=1S/C29H45N3O3/c1-6-29(7-2,24-12-13-27(22(4)18-24)35-21-23(5)33)25-19-26(32(8-3)20-25)28(34)30-14-17-31-15-10-9-11-16-31/h12-13,18-20,23,33H,6-11,14-17,21H2,1-5H3,(H,30,34). The molecule has 1 aromatic heterocycles. The van der Waals surface area contributed by atoms with Gasteiger partial charge in [0.2, 0.25) is 0 Å². The Kier molecular flexibility index (Phi) is 9.81. The van der Waals surface area contributed by atoms with Gasteiger partial charge in [-0.1, -0.05) is 32.4 Å². The quantitative estimate of drug-likeness (QED) is 0.451. The second kappa shape index (κ2) is 12.6. The molecule has 0 aliphatic carbocycles. The van der Waals surface area contributed by atoms with Crippen LogP contribution in [0.4, 0.5) is 0 Å². The Morgan fingerprint density at radius 2 is 1.83 bits per heavy atom. The molecule has 1 aliphatic rings. The third kappa shape index (κ3) is 6.47. The van der Waals surface area contributed by atoms with E-state index in [2.05, 4.69) is 66.9 Å². The molecule has 1 amide bonds. The van der Waals surface area contributed by atoms with Crippen molar-refractivity contribution in [2.45, 2.75) is 84.8 Å². The van der Waals surface area contributed by atoms with Crippen molar-refractivity contribution in [3.05, 3.63) is 52.8 Å². The fourth-order valence-electron chi connectivity index (χ4n) is 5.38. The van der Waals surface area contributed by atoms with Crippen molar-refractivity contribution in [3.8, 4) is 5.75 Å². The Labute approximate surface area is 211 Å². The van der Waals surface area contributed by atoms with Crippen LogP contribution in [0.15, 0.2) is 30.5 Å². The number of likely N-dealkylation sites (tertiary alicyclic amines) is 1. The molecular formula is C29H45N3O3. The number of aliphatic hydroxyl groups excluding tert-OH is 1. The summed E-state index contributed by atoms with van der Waals surface area (Å²) in [4.78, 5) is 15.6. The summed E-state index contributed by atoms with van der Waals surface area (Å²) in [6.45, 7) is 15.2. The molecule has 1 aliphatic heterocycles. The van der Waals surface area contributed by atoms with Gasteiger partial charge in [0.15, 0.2) is 0 Å². The SMILES string of the molecule is CCn1cc(C(CC)(CC)c2ccc(OCC(C)O)c(C)c2)cc1C(=O)NCCN1CCCCC1. The number of piperidine rings is 1. The number of benzene rings is 1. The zero-order valence-corrected chi connectivity index (χ0v) is 22.4. The molecule has 35 heavy (non-hydrogen) atoms. The van der Waals surface area contributed by atoms with Crippen LogP contribution in [-0.4, -0.2) is 59.4 Å². The van der Waals surface area contributed by atoms with E-state index in [-0.39, 0.29) is 17.9 Å². The van der Waals surface area contributed by atoms with Gasteiger partial charge in [-0.3, -0.25) is 4.79 Å². The maximum Gasteiger partial charge on any atom is 0.267 e. The smallest absolute Gasteiger partial charge is 0.267 e. The fourth-order valence-corrected chi connectivity index (χ4v) is 5.38. The zero-order chi connectivity index (χ0) is 25.4. The van der Waals surface area contributed by atoms with Crippen molar-refractivity contribution in [2.75, 3.05) is 32.8 Å². The Morgan fingerprint density at radius 3 is 2.43 bits per heavy atom. The molecular weight excluding hydrogens is 438 g/mol. The van der Waals surface area contributed by atoms with Crippen LogP contribution in [-0.2, 0) is 12.0 Å². The topological polar surface area (TPSA) is 66.7 Å². The molecule has 2 heterocycles. The number of nitrogens with zero attached hydrogens (tertiary/aromatic N) is 2. The minimum atomic E-state index is -0.502. The molecule has 0 bridgehead atoms. The van der Waals surface area contributed by atoms with Crippen LogP contribution >= 0.6 is 0 Å². The predicted octanol–water partition coefficient (Wildman–Crippen LogP) is 4.90. The number of amides is 1. The highest BCUT2D eigenvalue weighted by molar-refractivity contribution is 5.93. The Hall–Kier alpha value is -2.31. The van der Waals surface area contributed by atoms with E-state index in [1.54, 1.807) is 6.92 Å². The van der Waals surface area contributed by atoms with Crippen molar-refractivity contribution in [1.82, 2.24) is 14.8 Å². The van der Waals surface area contributed by atoms with Crippen molar-refractivity contribution in [2.24, 2.45) is 0 Å². The van der Waals surface area contributed by atoms with Crippen molar-refractivity contribution >= 4 is 5.91 Å². The van der Waals surface area contributed by atoms with Gasteiger partial charge in [-0.2, -0.15) is 0 Å². The summed E-state index contributed by atoms with van der Waals surface area (Å²) in [5.41, 5.74) is 4.02. The highest BCUT2D eigenvalue weighted by Crippen LogP contribution is 2.41. The molecule has 1 fully saturated rings. The number of carbonyl (C=O) groups is 1. The summed E-state index contributed by atoms with van der Waals surface area (Å²) in [5.74, 6) is 0.810. The predicted molar refractivity (Wildman–Crippen MR) is 142 cm³/mol. The van der Waals surface area contributed by atoms with Gasteiger partial charge in [0, 0.05) is 31.2 Å². The van der Waals surface area contributed by atoms with Crippen LogP contribution in [0.1, 0.15) is 87.0 Å². The van der Waals surface area contributed by atoms with E-state index in [1.165, 1.54) is 30.4 Å². The molecule has 0 saturated carbocycles. The molecule has 1 unspecified atom stereocenters. The molecule has 2 N–H and O–H groups in total. The maximum absolute atomic E-state index is 13.2. The van der Waals surface area contributed by atoms with Gasteiger partial charge in [0.1, 0.15) is 18.1 Å². The first-order valence-corrected chi connectivity index (χ1v) is 13.5. The van der Waals surface area contributed by atoms with Gasteiger partial charge < -0.3 is 24.6 Å². The number of carbonyl (C=O) groups excluding carboxylic acids is 1. The summed E-state index contributed by atoms with van der Waals surface area (Å²) < 4.78 is 7.86. The van der Waals surface area contributed by atoms with E-state index in [4.69, 9.17) is 4.74 Å². The van der Waals surface area contributed by atoms with Crippen LogP contribution in [0.25, 0.3) is 0 Å². The first-order chi connectivity index (χ1) is 16.8. The average Bonchev–Trinajstić information content (AvgIpc) is 3.30. The minimum Gasteiger partial charge on any atom is -0.491 e. The largest absolute Gasteiger partial charge is 0.491 e. The van der Waals surface area contributed by atoms with Crippen LogP contribution in [0, 0.1) is 6.92 Å². The van der Waals surface area contributed by atoms with Gasteiger partial charge in [0.05, 0.1) is 6.10 Å². The second-order valence-electron chi connectivity index (χ2n) is 9.99. The summed E-state index contributed by atoms with van der Waals surface area (Å²) in [5, 5.41) is 12.7. The minimum absolute atomic E-state index is 0.00858. The van der Waals surface area contributed by atoms with Gasteiger partial charge >= 0.3 is 0 Å². The van der Waals surface area contributed by atoms with Crippen LogP contribution in [0.5, 0.6) is 5.75 Å². The van der Waals surface area contributed by atoms with Gasteiger partial charge in [0.25, 0.3) is 5.91 Å². The Bertz CT molecular complexity index is 956. The number of hydrogen-bond donors (Lipinski definition) is 2. The molecule has 2 aromatic rings. The normalized spacial score (nSPS) is 15.7. The van der Waals surface area contributed by atoms with Crippen molar-refractivity contribution in [3.63, 3.8) is 0 Å². The highest BCUT2D eigenvalue weighted by atomic mass is 16.5. The number of hydrogen-bond acceptors (Lipinski definition) is 4. The number of nitrogens with one attached hydrogen (secondary N) is 1. The molecule has 1 saturated heterocycles. The highest BCUT2D eigenvalue weighted by Gasteiger charge is 2.33. The van der Waals surface area contributed by atoms with Crippen LogP contribution in [0.3, 0.4) is 0 Å². The molecule has 1 atom stereocenters. The average molecular weight is 484 g/mol.